The molecule has 0 N–H and O–H groups in total. The summed E-state index contributed by atoms with van der Waals surface area (Å²) in [5, 5.41) is 0. The number of esters is 2. The topological polar surface area (TPSA) is 52.6 Å². The smallest absolute Gasteiger partial charge is 0.333 e. The first-order chi connectivity index (χ1) is 10.3. The first-order valence-electron chi connectivity index (χ1n) is 8.31. The van der Waals surface area contributed by atoms with Gasteiger partial charge >= 0.3 is 11.9 Å². The van der Waals surface area contributed by atoms with Crippen LogP contribution in [0.5, 0.6) is 0 Å². The fraction of sp³-hybridized carbons (Fsp3) is 0.778. The van der Waals surface area contributed by atoms with Crippen molar-refractivity contribution in [2.75, 3.05) is 0 Å². The van der Waals surface area contributed by atoms with Gasteiger partial charge in [-0.15, -0.1) is 0 Å². The van der Waals surface area contributed by atoms with Crippen molar-refractivity contribution in [3.63, 3.8) is 0 Å². The van der Waals surface area contributed by atoms with Gasteiger partial charge in [0.1, 0.15) is 12.2 Å². The van der Waals surface area contributed by atoms with Crippen LogP contribution in [-0.4, -0.2) is 24.1 Å². The highest BCUT2D eigenvalue weighted by molar-refractivity contribution is 5.87. The van der Waals surface area contributed by atoms with Gasteiger partial charge in [0, 0.05) is 12.5 Å². The van der Waals surface area contributed by atoms with Crippen molar-refractivity contribution in [1.29, 1.82) is 0 Å². The van der Waals surface area contributed by atoms with E-state index in [1.54, 1.807) is 6.92 Å². The molecule has 22 heavy (non-hydrogen) atoms. The average molecular weight is 310 g/mol. The predicted molar refractivity (Wildman–Crippen MR) is 86.3 cm³/mol. The number of hydrogen-bond acceptors (Lipinski definition) is 4. The lowest BCUT2D eigenvalue weighted by molar-refractivity contribution is -0.147. The summed E-state index contributed by atoms with van der Waals surface area (Å²) in [6.07, 6.45) is 5.75. The molecule has 126 valence electrons. The highest BCUT2D eigenvalue weighted by Crippen LogP contribution is 2.32. The van der Waals surface area contributed by atoms with Gasteiger partial charge in [0.05, 0.1) is 0 Å². The van der Waals surface area contributed by atoms with Gasteiger partial charge in [0.2, 0.25) is 0 Å². The molecule has 3 atom stereocenters. The predicted octanol–water partition coefficient (Wildman–Crippen LogP) is 4.03. The van der Waals surface area contributed by atoms with E-state index in [0.29, 0.717) is 17.4 Å². The minimum absolute atomic E-state index is 0.0445. The fourth-order valence-electron chi connectivity index (χ4n) is 3.06. The second-order valence-corrected chi connectivity index (χ2v) is 6.93. The van der Waals surface area contributed by atoms with Crippen molar-refractivity contribution in [3.8, 4) is 0 Å². The molecule has 0 aromatic heterocycles. The zero-order valence-corrected chi connectivity index (χ0v) is 14.4. The summed E-state index contributed by atoms with van der Waals surface area (Å²) in [5.74, 6) is 0.552. The van der Waals surface area contributed by atoms with Gasteiger partial charge in [-0.2, -0.15) is 0 Å². The molecule has 4 nitrogen and oxygen atoms in total. The highest BCUT2D eigenvalue weighted by atomic mass is 16.5. The van der Waals surface area contributed by atoms with E-state index >= 15 is 0 Å². The zero-order valence-electron chi connectivity index (χ0n) is 14.4. The molecule has 0 aromatic rings. The Morgan fingerprint density at radius 1 is 1.23 bits per heavy atom. The summed E-state index contributed by atoms with van der Waals surface area (Å²) in [5.41, 5.74) is 0.449. The maximum atomic E-state index is 11.7. The van der Waals surface area contributed by atoms with Crippen molar-refractivity contribution in [2.24, 2.45) is 11.8 Å². The van der Waals surface area contributed by atoms with Gasteiger partial charge < -0.3 is 9.47 Å². The fourth-order valence-corrected chi connectivity index (χ4v) is 3.06. The van der Waals surface area contributed by atoms with Gasteiger partial charge in [-0.3, -0.25) is 4.79 Å². The van der Waals surface area contributed by atoms with Crippen LogP contribution < -0.4 is 0 Å². The monoisotopic (exact) mass is 310 g/mol. The van der Waals surface area contributed by atoms with Gasteiger partial charge in [0.25, 0.3) is 0 Å². The van der Waals surface area contributed by atoms with Crippen molar-refractivity contribution in [1.82, 2.24) is 0 Å². The quantitative estimate of drug-likeness (QED) is 0.501. The molecule has 1 fully saturated rings. The maximum Gasteiger partial charge on any atom is 0.333 e. The lowest BCUT2D eigenvalue weighted by Gasteiger charge is -2.21. The van der Waals surface area contributed by atoms with Crippen molar-refractivity contribution >= 4 is 11.9 Å². The lowest BCUT2D eigenvalue weighted by Crippen LogP contribution is -2.21. The standard InChI is InChI=1S/C18H30O4/c1-12(2)10-16(22-18(20)13(3)4)8-6-15-7-9-17(11-15)21-14(5)19/h12,15-17H,3,6-11H2,1-2,4-5H3. The Labute approximate surface area is 134 Å². The third-order valence-electron chi connectivity index (χ3n) is 4.08. The van der Waals surface area contributed by atoms with E-state index in [0.717, 1.165) is 38.5 Å². The zero-order chi connectivity index (χ0) is 16.7. The van der Waals surface area contributed by atoms with Crippen molar-refractivity contribution in [3.05, 3.63) is 12.2 Å². The molecular formula is C18H30O4. The third kappa shape index (κ3) is 7.10. The van der Waals surface area contributed by atoms with Crippen LogP contribution in [0.15, 0.2) is 12.2 Å². The Bertz CT molecular complexity index is 400. The lowest BCUT2D eigenvalue weighted by atomic mass is 9.95. The van der Waals surface area contributed by atoms with Crippen molar-refractivity contribution in [2.45, 2.75) is 78.4 Å². The van der Waals surface area contributed by atoms with E-state index in [2.05, 4.69) is 20.4 Å². The molecule has 0 bridgehead atoms. The SMILES string of the molecule is C=C(C)C(=O)OC(CCC1CCC(OC(C)=O)C1)CC(C)C. The van der Waals surface area contributed by atoms with Gasteiger partial charge in [0.15, 0.2) is 0 Å². The second kappa shape index (κ2) is 8.96. The van der Waals surface area contributed by atoms with E-state index in [9.17, 15) is 9.59 Å². The molecule has 4 heteroatoms. The normalized spacial score (nSPS) is 22.4. The Morgan fingerprint density at radius 3 is 2.45 bits per heavy atom. The number of rotatable bonds is 8. The first kappa shape index (κ1) is 18.7. The highest BCUT2D eigenvalue weighted by Gasteiger charge is 2.28. The molecule has 1 rings (SSSR count). The number of carbonyl (C=O) groups is 2. The molecule has 0 amide bonds. The summed E-state index contributed by atoms with van der Waals surface area (Å²) in [6.45, 7) is 11.0. The molecule has 1 aliphatic rings. The Morgan fingerprint density at radius 2 is 1.91 bits per heavy atom. The van der Waals surface area contributed by atoms with Crippen molar-refractivity contribution < 1.29 is 19.1 Å². The molecule has 1 saturated carbocycles. The summed E-state index contributed by atoms with van der Waals surface area (Å²) in [4.78, 5) is 22.7. The summed E-state index contributed by atoms with van der Waals surface area (Å²) in [6, 6.07) is 0. The molecular weight excluding hydrogens is 280 g/mol. The molecule has 0 heterocycles. The Balaban J connectivity index is 2.41. The van der Waals surface area contributed by atoms with Crippen LogP contribution >= 0.6 is 0 Å². The first-order valence-corrected chi connectivity index (χ1v) is 8.31. The van der Waals surface area contributed by atoms with E-state index in [1.807, 2.05) is 0 Å². The van der Waals surface area contributed by atoms with Crippen LogP contribution in [0.3, 0.4) is 0 Å². The maximum absolute atomic E-state index is 11.7. The molecule has 0 saturated heterocycles. The van der Waals surface area contributed by atoms with E-state index < -0.39 is 0 Å². The Hall–Kier alpha value is -1.32. The van der Waals surface area contributed by atoms with Crippen LogP contribution in [-0.2, 0) is 19.1 Å². The van der Waals surface area contributed by atoms with Crippen LogP contribution in [0.25, 0.3) is 0 Å². The number of hydrogen-bond donors (Lipinski definition) is 0. The minimum atomic E-state index is -0.296. The average Bonchev–Trinajstić information content (AvgIpc) is 2.81. The molecule has 0 aliphatic heterocycles. The van der Waals surface area contributed by atoms with Gasteiger partial charge in [-0.05, 0) is 57.3 Å². The summed E-state index contributed by atoms with van der Waals surface area (Å²) < 4.78 is 10.8. The van der Waals surface area contributed by atoms with E-state index in [1.165, 1.54) is 6.92 Å². The van der Waals surface area contributed by atoms with E-state index in [-0.39, 0.29) is 24.1 Å². The molecule has 0 radical (unpaired) electrons. The minimum Gasteiger partial charge on any atom is -0.463 e. The molecule has 0 aromatic carbocycles. The molecule has 3 unspecified atom stereocenters. The Kier molecular flexibility index (Phi) is 7.63. The molecule has 0 spiro atoms. The second-order valence-electron chi connectivity index (χ2n) is 6.93. The molecule has 1 aliphatic carbocycles. The summed E-state index contributed by atoms with van der Waals surface area (Å²) in [7, 11) is 0. The van der Waals surface area contributed by atoms with E-state index in [4.69, 9.17) is 9.47 Å². The number of carbonyl (C=O) groups excluding carboxylic acids is 2. The van der Waals surface area contributed by atoms with Crippen LogP contribution in [0.2, 0.25) is 0 Å². The number of ether oxygens (including phenoxy) is 2. The van der Waals surface area contributed by atoms with Gasteiger partial charge in [-0.25, -0.2) is 4.79 Å². The van der Waals surface area contributed by atoms with Crippen LogP contribution in [0.4, 0.5) is 0 Å². The van der Waals surface area contributed by atoms with Crippen LogP contribution in [0, 0.1) is 11.8 Å². The largest absolute Gasteiger partial charge is 0.463 e. The van der Waals surface area contributed by atoms with Gasteiger partial charge in [-0.1, -0.05) is 20.4 Å². The van der Waals surface area contributed by atoms with Crippen LogP contribution in [0.1, 0.15) is 66.2 Å². The third-order valence-corrected chi connectivity index (χ3v) is 4.08. The summed E-state index contributed by atoms with van der Waals surface area (Å²) >= 11 is 0.